The van der Waals surface area contributed by atoms with E-state index in [1.54, 1.807) is 19.1 Å². The molecular weight excluding hydrogens is 248 g/mol. The van der Waals surface area contributed by atoms with Gasteiger partial charge < -0.3 is 15.3 Å². The molecule has 0 aliphatic heterocycles. The minimum Gasteiger partial charge on any atom is -0.436 e. The van der Waals surface area contributed by atoms with Gasteiger partial charge in [0.15, 0.2) is 5.58 Å². The van der Waals surface area contributed by atoms with Crippen molar-refractivity contribution in [1.29, 1.82) is 0 Å². The van der Waals surface area contributed by atoms with Crippen molar-refractivity contribution in [2.24, 2.45) is 0 Å². The molecule has 0 amide bonds. The molecule has 0 bridgehead atoms. The van der Waals surface area contributed by atoms with Crippen LogP contribution in [0.5, 0.6) is 0 Å². The predicted molar refractivity (Wildman–Crippen MR) is 56.8 cm³/mol. The standard InChI is InChI=1S/C9H9BrN2O2/c1-4(13)9-12-7-3-5(10)2-6(11)8(7)14-9/h2-4,13H,11H2,1H3/t4-/m0/s1. The number of fused-ring (bicyclic) bond motifs is 1. The van der Waals surface area contributed by atoms with Gasteiger partial charge in [0.1, 0.15) is 11.6 Å². The van der Waals surface area contributed by atoms with E-state index in [1.807, 2.05) is 0 Å². The Morgan fingerprint density at radius 3 is 2.93 bits per heavy atom. The first-order chi connectivity index (χ1) is 6.58. The molecule has 74 valence electrons. The van der Waals surface area contributed by atoms with Crippen LogP contribution in [0.1, 0.15) is 18.9 Å². The zero-order valence-electron chi connectivity index (χ0n) is 7.49. The number of nitrogens with zero attached hydrogens (tertiary/aromatic N) is 1. The van der Waals surface area contributed by atoms with E-state index in [-0.39, 0.29) is 5.89 Å². The number of aliphatic hydroxyl groups excluding tert-OH is 1. The monoisotopic (exact) mass is 256 g/mol. The number of nitrogens with two attached hydrogens (primary N) is 1. The summed E-state index contributed by atoms with van der Waals surface area (Å²) in [5, 5.41) is 9.28. The first-order valence-electron chi connectivity index (χ1n) is 4.11. The summed E-state index contributed by atoms with van der Waals surface area (Å²) in [6, 6.07) is 3.53. The lowest BCUT2D eigenvalue weighted by Crippen LogP contribution is -1.88. The van der Waals surface area contributed by atoms with Gasteiger partial charge in [-0.05, 0) is 19.1 Å². The van der Waals surface area contributed by atoms with Crippen LogP contribution in [0.3, 0.4) is 0 Å². The molecule has 4 nitrogen and oxygen atoms in total. The van der Waals surface area contributed by atoms with Crippen LogP contribution in [-0.4, -0.2) is 10.1 Å². The van der Waals surface area contributed by atoms with Gasteiger partial charge in [0, 0.05) is 4.47 Å². The smallest absolute Gasteiger partial charge is 0.224 e. The fourth-order valence-electron chi connectivity index (χ4n) is 1.22. The molecule has 0 saturated carbocycles. The van der Waals surface area contributed by atoms with Crippen molar-refractivity contribution < 1.29 is 9.52 Å². The summed E-state index contributed by atoms with van der Waals surface area (Å²) < 4.78 is 6.15. The molecule has 5 heteroatoms. The van der Waals surface area contributed by atoms with Gasteiger partial charge in [0.25, 0.3) is 0 Å². The highest BCUT2D eigenvalue weighted by molar-refractivity contribution is 9.10. The number of hydrogen-bond acceptors (Lipinski definition) is 4. The maximum atomic E-state index is 9.28. The van der Waals surface area contributed by atoms with E-state index >= 15 is 0 Å². The van der Waals surface area contributed by atoms with E-state index < -0.39 is 6.10 Å². The second-order valence-corrected chi connectivity index (χ2v) is 3.99. The minimum atomic E-state index is -0.722. The maximum absolute atomic E-state index is 9.28. The average Bonchev–Trinajstić information content (AvgIpc) is 2.47. The van der Waals surface area contributed by atoms with Gasteiger partial charge in [0.2, 0.25) is 5.89 Å². The molecular formula is C9H9BrN2O2. The summed E-state index contributed by atoms with van der Waals surface area (Å²) in [6.07, 6.45) is -0.722. The average molecular weight is 257 g/mol. The molecule has 2 rings (SSSR count). The molecule has 1 aromatic heterocycles. The number of benzene rings is 1. The number of hydrogen-bond donors (Lipinski definition) is 2. The zero-order valence-corrected chi connectivity index (χ0v) is 9.08. The lowest BCUT2D eigenvalue weighted by atomic mass is 10.3. The highest BCUT2D eigenvalue weighted by atomic mass is 79.9. The number of oxazole rings is 1. The number of nitrogen functional groups attached to an aromatic ring is 1. The van der Waals surface area contributed by atoms with E-state index in [0.717, 1.165) is 4.47 Å². The molecule has 0 fully saturated rings. The second-order valence-electron chi connectivity index (χ2n) is 3.07. The molecule has 1 atom stereocenters. The third-order valence-corrected chi connectivity index (χ3v) is 2.32. The fraction of sp³-hybridized carbons (Fsp3) is 0.222. The number of aliphatic hydroxyl groups is 1. The summed E-state index contributed by atoms with van der Waals surface area (Å²) in [6.45, 7) is 1.59. The molecule has 2 aromatic rings. The van der Waals surface area contributed by atoms with Crippen molar-refractivity contribution in [2.45, 2.75) is 13.0 Å². The molecule has 14 heavy (non-hydrogen) atoms. The quantitative estimate of drug-likeness (QED) is 0.768. The Labute approximate surface area is 88.9 Å². The molecule has 1 heterocycles. The van der Waals surface area contributed by atoms with Crippen molar-refractivity contribution in [2.75, 3.05) is 5.73 Å². The molecule has 0 spiro atoms. The number of aromatic nitrogens is 1. The van der Waals surface area contributed by atoms with E-state index in [1.165, 1.54) is 0 Å². The maximum Gasteiger partial charge on any atom is 0.224 e. The molecule has 1 aromatic carbocycles. The first-order valence-corrected chi connectivity index (χ1v) is 4.91. The van der Waals surface area contributed by atoms with Gasteiger partial charge >= 0.3 is 0 Å². The first kappa shape index (κ1) is 9.48. The topological polar surface area (TPSA) is 72.3 Å². The van der Waals surface area contributed by atoms with Crippen molar-refractivity contribution in [3.05, 3.63) is 22.5 Å². The minimum absolute atomic E-state index is 0.282. The van der Waals surface area contributed by atoms with Gasteiger partial charge in [0.05, 0.1) is 5.69 Å². The highest BCUT2D eigenvalue weighted by Crippen LogP contribution is 2.28. The molecule has 0 saturated heterocycles. The van der Waals surface area contributed by atoms with Crippen molar-refractivity contribution in [3.63, 3.8) is 0 Å². The number of rotatable bonds is 1. The molecule has 3 N–H and O–H groups in total. The third-order valence-electron chi connectivity index (χ3n) is 1.86. The van der Waals surface area contributed by atoms with Crippen LogP contribution in [0.4, 0.5) is 5.69 Å². The molecule has 0 radical (unpaired) electrons. The number of halogens is 1. The Hall–Kier alpha value is -1.07. The van der Waals surface area contributed by atoms with Crippen LogP contribution in [0.2, 0.25) is 0 Å². The van der Waals surface area contributed by atoms with Gasteiger partial charge in [-0.1, -0.05) is 15.9 Å². The fourth-order valence-corrected chi connectivity index (χ4v) is 1.68. The Kier molecular flexibility index (Phi) is 2.20. The van der Waals surface area contributed by atoms with Crippen LogP contribution >= 0.6 is 15.9 Å². The van der Waals surface area contributed by atoms with E-state index in [9.17, 15) is 5.11 Å². The zero-order chi connectivity index (χ0) is 10.3. The van der Waals surface area contributed by atoms with E-state index in [4.69, 9.17) is 10.2 Å². The second kappa shape index (κ2) is 3.25. The van der Waals surface area contributed by atoms with E-state index in [0.29, 0.717) is 16.8 Å². The largest absolute Gasteiger partial charge is 0.436 e. The lowest BCUT2D eigenvalue weighted by molar-refractivity contribution is 0.165. The SMILES string of the molecule is C[C@H](O)c1nc2cc(Br)cc(N)c2o1. The van der Waals surface area contributed by atoms with Crippen LogP contribution in [0.25, 0.3) is 11.1 Å². The van der Waals surface area contributed by atoms with E-state index in [2.05, 4.69) is 20.9 Å². The Balaban J connectivity index is 2.70. The summed E-state index contributed by atoms with van der Waals surface area (Å²) in [5.41, 5.74) is 7.40. The van der Waals surface area contributed by atoms with Crippen molar-refractivity contribution >= 4 is 32.7 Å². The van der Waals surface area contributed by atoms with Gasteiger partial charge in [-0.25, -0.2) is 4.98 Å². The van der Waals surface area contributed by atoms with Crippen molar-refractivity contribution in [1.82, 2.24) is 4.98 Å². The predicted octanol–water partition coefficient (Wildman–Crippen LogP) is 2.23. The van der Waals surface area contributed by atoms with Gasteiger partial charge in [-0.3, -0.25) is 0 Å². The summed E-state index contributed by atoms with van der Waals surface area (Å²) in [7, 11) is 0. The Bertz CT molecular complexity index is 479. The molecule has 0 aliphatic rings. The van der Waals surface area contributed by atoms with Crippen LogP contribution < -0.4 is 5.73 Å². The molecule has 0 unspecified atom stereocenters. The number of anilines is 1. The van der Waals surface area contributed by atoms with Gasteiger partial charge in [-0.15, -0.1) is 0 Å². The normalized spacial score (nSPS) is 13.4. The summed E-state index contributed by atoms with van der Waals surface area (Å²) in [5.74, 6) is 0.282. The van der Waals surface area contributed by atoms with Gasteiger partial charge in [-0.2, -0.15) is 0 Å². The van der Waals surface area contributed by atoms with Crippen LogP contribution in [0.15, 0.2) is 21.0 Å². The third kappa shape index (κ3) is 1.49. The Morgan fingerprint density at radius 1 is 1.57 bits per heavy atom. The Morgan fingerprint density at radius 2 is 2.29 bits per heavy atom. The summed E-state index contributed by atoms with van der Waals surface area (Å²) >= 11 is 3.31. The highest BCUT2D eigenvalue weighted by Gasteiger charge is 2.12. The molecule has 0 aliphatic carbocycles. The summed E-state index contributed by atoms with van der Waals surface area (Å²) in [4.78, 5) is 4.11. The lowest BCUT2D eigenvalue weighted by Gasteiger charge is -1.95. The van der Waals surface area contributed by atoms with Crippen molar-refractivity contribution in [3.8, 4) is 0 Å². The van der Waals surface area contributed by atoms with Crippen LogP contribution in [-0.2, 0) is 0 Å². The van der Waals surface area contributed by atoms with Crippen LogP contribution in [0, 0.1) is 0 Å².